The van der Waals surface area contributed by atoms with Gasteiger partial charge in [0.15, 0.2) is 11.6 Å². The van der Waals surface area contributed by atoms with Crippen LogP contribution >= 0.6 is 0 Å². The van der Waals surface area contributed by atoms with E-state index in [0.717, 1.165) is 31.5 Å². The molecule has 0 amide bonds. The van der Waals surface area contributed by atoms with Crippen LogP contribution in [-0.2, 0) is 5.41 Å². The summed E-state index contributed by atoms with van der Waals surface area (Å²) in [5.41, 5.74) is 0.966. The van der Waals surface area contributed by atoms with Crippen LogP contribution in [0.4, 0.5) is 4.39 Å². The van der Waals surface area contributed by atoms with Crippen molar-refractivity contribution in [2.75, 3.05) is 20.1 Å². The van der Waals surface area contributed by atoms with Crippen LogP contribution in [0, 0.1) is 5.82 Å². The Morgan fingerprint density at radius 3 is 2.37 bits per heavy atom. The first kappa shape index (κ1) is 14.3. The molecule has 1 aromatic rings. The van der Waals surface area contributed by atoms with E-state index < -0.39 is 0 Å². The Morgan fingerprint density at radius 2 is 1.84 bits per heavy atom. The number of piperidine rings is 1. The standard InChI is InChI=1S/C16H24FNO/c1-16(2,3)12-5-6-15(14(17)11-12)19-13-7-9-18(4)10-8-13/h5-6,11,13H,7-10H2,1-4H3. The summed E-state index contributed by atoms with van der Waals surface area (Å²) in [6.07, 6.45) is 2.08. The van der Waals surface area contributed by atoms with Crippen LogP contribution < -0.4 is 4.74 Å². The van der Waals surface area contributed by atoms with Gasteiger partial charge >= 0.3 is 0 Å². The van der Waals surface area contributed by atoms with Gasteiger partial charge in [-0.05, 0) is 43.0 Å². The molecular formula is C16H24FNO. The van der Waals surface area contributed by atoms with Gasteiger partial charge in [0.25, 0.3) is 0 Å². The molecule has 0 atom stereocenters. The van der Waals surface area contributed by atoms with Gasteiger partial charge in [-0.25, -0.2) is 4.39 Å². The summed E-state index contributed by atoms with van der Waals surface area (Å²) in [7, 11) is 2.11. The highest BCUT2D eigenvalue weighted by molar-refractivity contribution is 5.33. The van der Waals surface area contributed by atoms with Crippen LogP contribution in [0.2, 0.25) is 0 Å². The van der Waals surface area contributed by atoms with Gasteiger partial charge in [-0.2, -0.15) is 0 Å². The molecule has 0 spiro atoms. The predicted octanol–water partition coefficient (Wildman–Crippen LogP) is 3.60. The van der Waals surface area contributed by atoms with Gasteiger partial charge < -0.3 is 9.64 Å². The largest absolute Gasteiger partial charge is 0.487 e. The number of nitrogens with zero attached hydrogens (tertiary/aromatic N) is 1. The molecule has 0 bridgehead atoms. The second kappa shape index (κ2) is 5.49. The van der Waals surface area contributed by atoms with Crippen molar-refractivity contribution in [3.05, 3.63) is 29.6 Å². The first-order valence-electron chi connectivity index (χ1n) is 7.01. The molecule has 0 radical (unpaired) electrons. The molecule has 1 aliphatic rings. The van der Waals surface area contributed by atoms with Gasteiger partial charge in [0.05, 0.1) is 0 Å². The molecule has 3 heteroatoms. The summed E-state index contributed by atoms with van der Waals surface area (Å²) in [4.78, 5) is 2.28. The van der Waals surface area contributed by atoms with E-state index in [1.807, 2.05) is 6.07 Å². The van der Waals surface area contributed by atoms with Crippen LogP contribution in [0.5, 0.6) is 5.75 Å². The topological polar surface area (TPSA) is 12.5 Å². The molecule has 1 saturated heterocycles. The highest BCUT2D eigenvalue weighted by atomic mass is 19.1. The van der Waals surface area contributed by atoms with Crippen LogP contribution in [0.3, 0.4) is 0 Å². The van der Waals surface area contributed by atoms with Crippen molar-refractivity contribution in [3.8, 4) is 5.75 Å². The maximum atomic E-state index is 14.1. The molecule has 1 fully saturated rings. The average molecular weight is 265 g/mol. The Bertz CT molecular complexity index is 431. The van der Waals surface area contributed by atoms with Gasteiger partial charge in [0.1, 0.15) is 6.10 Å². The van der Waals surface area contributed by atoms with Crippen molar-refractivity contribution < 1.29 is 9.13 Å². The lowest BCUT2D eigenvalue weighted by Crippen LogP contribution is -2.35. The third-order valence-electron chi connectivity index (χ3n) is 3.76. The van der Waals surface area contributed by atoms with Gasteiger partial charge in [-0.15, -0.1) is 0 Å². The van der Waals surface area contributed by atoms with Gasteiger partial charge in [0.2, 0.25) is 0 Å². The Kier molecular flexibility index (Phi) is 4.14. The number of hydrogen-bond acceptors (Lipinski definition) is 2. The van der Waals surface area contributed by atoms with Crippen molar-refractivity contribution in [3.63, 3.8) is 0 Å². The molecule has 0 aromatic heterocycles. The lowest BCUT2D eigenvalue weighted by molar-refractivity contribution is 0.110. The molecular weight excluding hydrogens is 241 g/mol. The zero-order valence-corrected chi connectivity index (χ0v) is 12.4. The first-order valence-corrected chi connectivity index (χ1v) is 7.01. The second-order valence-electron chi connectivity index (χ2n) is 6.52. The zero-order valence-electron chi connectivity index (χ0n) is 12.4. The Morgan fingerprint density at radius 1 is 1.21 bits per heavy atom. The summed E-state index contributed by atoms with van der Waals surface area (Å²) < 4.78 is 19.9. The van der Waals surface area contributed by atoms with Crippen molar-refractivity contribution in [1.29, 1.82) is 0 Å². The molecule has 1 aliphatic heterocycles. The number of likely N-dealkylation sites (tertiary alicyclic amines) is 1. The highest BCUT2D eigenvalue weighted by Gasteiger charge is 2.21. The summed E-state index contributed by atoms with van der Waals surface area (Å²) in [6.45, 7) is 8.29. The highest BCUT2D eigenvalue weighted by Crippen LogP contribution is 2.28. The summed E-state index contributed by atoms with van der Waals surface area (Å²) >= 11 is 0. The monoisotopic (exact) mass is 265 g/mol. The van der Waals surface area contributed by atoms with Gasteiger partial charge in [0, 0.05) is 13.1 Å². The molecule has 1 aromatic carbocycles. The first-order chi connectivity index (χ1) is 8.86. The van der Waals surface area contributed by atoms with Crippen molar-refractivity contribution in [2.24, 2.45) is 0 Å². The summed E-state index contributed by atoms with van der Waals surface area (Å²) in [6, 6.07) is 5.34. The fourth-order valence-corrected chi connectivity index (χ4v) is 2.35. The van der Waals surface area contributed by atoms with Crippen LogP contribution in [0.1, 0.15) is 39.2 Å². The number of ether oxygens (including phenoxy) is 1. The normalized spacial score (nSPS) is 18.6. The Hall–Kier alpha value is -1.09. The minimum Gasteiger partial charge on any atom is -0.487 e. The van der Waals surface area contributed by atoms with E-state index in [4.69, 9.17) is 4.74 Å². The third kappa shape index (κ3) is 3.69. The number of halogens is 1. The van der Waals surface area contributed by atoms with E-state index in [0.29, 0.717) is 5.75 Å². The SMILES string of the molecule is CN1CCC(Oc2ccc(C(C)(C)C)cc2F)CC1. The number of rotatable bonds is 2. The molecule has 106 valence electrons. The molecule has 0 unspecified atom stereocenters. The maximum Gasteiger partial charge on any atom is 0.165 e. The predicted molar refractivity (Wildman–Crippen MR) is 76.2 cm³/mol. The van der Waals surface area contributed by atoms with Crippen molar-refractivity contribution in [1.82, 2.24) is 4.90 Å². The van der Waals surface area contributed by atoms with E-state index in [9.17, 15) is 4.39 Å². The van der Waals surface area contributed by atoms with E-state index in [-0.39, 0.29) is 17.3 Å². The number of hydrogen-bond donors (Lipinski definition) is 0. The molecule has 2 rings (SSSR count). The van der Waals surface area contributed by atoms with Crippen molar-refractivity contribution in [2.45, 2.75) is 45.1 Å². The van der Waals surface area contributed by atoms with Crippen LogP contribution in [0.15, 0.2) is 18.2 Å². The fraction of sp³-hybridized carbons (Fsp3) is 0.625. The fourth-order valence-electron chi connectivity index (χ4n) is 2.35. The van der Waals surface area contributed by atoms with E-state index in [1.165, 1.54) is 0 Å². The molecule has 1 heterocycles. The molecule has 0 aliphatic carbocycles. The average Bonchev–Trinajstić information content (AvgIpc) is 2.33. The maximum absolute atomic E-state index is 14.1. The Balaban J connectivity index is 2.05. The van der Waals surface area contributed by atoms with Gasteiger partial charge in [-0.1, -0.05) is 26.8 Å². The summed E-state index contributed by atoms with van der Waals surface area (Å²) in [5, 5.41) is 0. The third-order valence-corrected chi connectivity index (χ3v) is 3.76. The molecule has 2 nitrogen and oxygen atoms in total. The van der Waals surface area contributed by atoms with E-state index in [2.05, 4.69) is 32.7 Å². The quantitative estimate of drug-likeness (QED) is 0.810. The van der Waals surface area contributed by atoms with E-state index in [1.54, 1.807) is 12.1 Å². The second-order valence-corrected chi connectivity index (χ2v) is 6.52. The molecule has 0 saturated carbocycles. The lowest BCUT2D eigenvalue weighted by atomic mass is 9.87. The van der Waals surface area contributed by atoms with Gasteiger partial charge in [-0.3, -0.25) is 0 Å². The number of benzene rings is 1. The Labute approximate surface area is 115 Å². The summed E-state index contributed by atoms with van der Waals surface area (Å²) in [5.74, 6) is 0.147. The van der Waals surface area contributed by atoms with E-state index >= 15 is 0 Å². The minimum absolute atomic E-state index is 0.0348. The molecule has 19 heavy (non-hydrogen) atoms. The van der Waals surface area contributed by atoms with Crippen LogP contribution in [0.25, 0.3) is 0 Å². The smallest absolute Gasteiger partial charge is 0.165 e. The van der Waals surface area contributed by atoms with Crippen LogP contribution in [-0.4, -0.2) is 31.1 Å². The minimum atomic E-state index is -0.244. The molecule has 0 N–H and O–H groups in total. The van der Waals surface area contributed by atoms with Crippen molar-refractivity contribution >= 4 is 0 Å². The lowest BCUT2D eigenvalue weighted by Gasteiger charge is -2.29. The zero-order chi connectivity index (χ0) is 14.0.